The van der Waals surface area contributed by atoms with Crippen molar-refractivity contribution in [3.8, 4) is 17.0 Å². The van der Waals surface area contributed by atoms with Crippen molar-refractivity contribution >= 4 is 29.0 Å². The minimum absolute atomic E-state index is 0.00663. The quantitative estimate of drug-likeness (QED) is 0.327. The van der Waals surface area contributed by atoms with Crippen molar-refractivity contribution in [3.63, 3.8) is 0 Å². The number of carbonyl (C=O) groups is 2. The largest absolute Gasteiger partial charge is 0.507 e. The number of phenols is 1. The Kier molecular flexibility index (Phi) is 5.85. The zero-order valence-corrected chi connectivity index (χ0v) is 18.8. The number of nitrogens with one attached hydrogen (secondary N) is 2. The molecule has 9 heteroatoms. The van der Waals surface area contributed by atoms with Crippen molar-refractivity contribution in [2.45, 2.75) is 25.3 Å². The van der Waals surface area contributed by atoms with Gasteiger partial charge in [0.15, 0.2) is 0 Å². The van der Waals surface area contributed by atoms with Crippen LogP contribution in [0, 0.1) is 5.82 Å². The highest BCUT2D eigenvalue weighted by molar-refractivity contribution is 7.12. The van der Waals surface area contributed by atoms with Gasteiger partial charge in [0, 0.05) is 23.7 Å². The van der Waals surface area contributed by atoms with Crippen molar-refractivity contribution < 1.29 is 19.1 Å². The summed E-state index contributed by atoms with van der Waals surface area (Å²) in [5.74, 6) is -0.359. The van der Waals surface area contributed by atoms with Gasteiger partial charge in [0.1, 0.15) is 11.6 Å². The Labute approximate surface area is 198 Å². The number of halogens is 1. The molecule has 4 aromatic rings. The highest BCUT2D eigenvalue weighted by atomic mass is 32.1. The average Bonchev–Trinajstić information content (AvgIpc) is 3.34. The van der Waals surface area contributed by atoms with Gasteiger partial charge in [-0.3, -0.25) is 4.79 Å². The second-order valence-corrected chi connectivity index (χ2v) is 9.04. The highest BCUT2D eigenvalue weighted by Crippen LogP contribution is 2.42. The number of anilines is 1. The summed E-state index contributed by atoms with van der Waals surface area (Å²) < 4.78 is 14.4. The van der Waals surface area contributed by atoms with E-state index < -0.39 is 6.03 Å². The third-order valence-corrected chi connectivity index (χ3v) is 6.43. The standard InChI is InChI=1S/C25H21FN4O3S/c26-17-7-3-15(4-8-17)14-27-25(33)30-21(16-5-6-16)13-20(29-30)19-12-18(9-10-22(19)31)28-24(32)23-2-1-11-34-23/h1-4,7-13,16,31H,5-6,14H2,(H,27,33)(H,28,32). The van der Waals surface area contributed by atoms with E-state index in [0.29, 0.717) is 21.8 Å². The number of rotatable bonds is 6. The Bertz CT molecular complexity index is 1350. The molecule has 0 spiro atoms. The average molecular weight is 477 g/mol. The van der Waals surface area contributed by atoms with Gasteiger partial charge in [-0.25, -0.2) is 9.18 Å². The Morgan fingerprint density at radius 1 is 1.12 bits per heavy atom. The second kappa shape index (κ2) is 9.11. The first-order valence-electron chi connectivity index (χ1n) is 10.8. The maximum absolute atomic E-state index is 13.1. The van der Waals surface area contributed by atoms with Gasteiger partial charge in [0.05, 0.1) is 16.3 Å². The van der Waals surface area contributed by atoms with Gasteiger partial charge in [0.25, 0.3) is 5.91 Å². The van der Waals surface area contributed by atoms with Crippen LogP contribution < -0.4 is 10.6 Å². The van der Waals surface area contributed by atoms with Crippen LogP contribution in [0.4, 0.5) is 14.9 Å². The fourth-order valence-corrected chi connectivity index (χ4v) is 4.25. The summed E-state index contributed by atoms with van der Waals surface area (Å²) in [5.41, 5.74) is 2.88. The number of aromatic nitrogens is 2. The number of hydrogen-bond donors (Lipinski definition) is 3. The third kappa shape index (κ3) is 4.69. The Morgan fingerprint density at radius 2 is 1.91 bits per heavy atom. The maximum Gasteiger partial charge on any atom is 0.342 e. The molecule has 2 amide bonds. The van der Waals surface area contributed by atoms with E-state index in [2.05, 4.69) is 15.7 Å². The van der Waals surface area contributed by atoms with E-state index in [1.165, 1.54) is 34.2 Å². The minimum Gasteiger partial charge on any atom is -0.507 e. The number of carbonyl (C=O) groups excluding carboxylic acids is 2. The molecule has 3 N–H and O–H groups in total. The molecular formula is C25H21FN4O3S. The van der Waals surface area contributed by atoms with Gasteiger partial charge >= 0.3 is 6.03 Å². The van der Waals surface area contributed by atoms with Gasteiger partial charge in [-0.2, -0.15) is 9.78 Å². The van der Waals surface area contributed by atoms with E-state index in [1.807, 2.05) is 5.38 Å². The molecule has 0 aliphatic heterocycles. The van der Waals surface area contributed by atoms with Gasteiger partial charge < -0.3 is 15.7 Å². The zero-order valence-electron chi connectivity index (χ0n) is 18.0. The first kappa shape index (κ1) is 21.8. The fourth-order valence-electron chi connectivity index (χ4n) is 3.63. The van der Waals surface area contributed by atoms with Crippen molar-refractivity contribution in [3.05, 3.63) is 88.0 Å². The lowest BCUT2D eigenvalue weighted by molar-refractivity contribution is 0.103. The summed E-state index contributed by atoms with van der Waals surface area (Å²) in [4.78, 5) is 25.9. The molecule has 7 nitrogen and oxygen atoms in total. The van der Waals surface area contributed by atoms with E-state index in [9.17, 15) is 19.1 Å². The van der Waals surface area contributed by atoms with Crippen LogP contribution in [0.1, 0.15) is 39.7 Å². The Hall–Kier alpha value is -3.98. The fraction of sp³-hybridized carbons (Fsp3) is 0.160. The zero-order chi connectivity index (χ0) is 23.7. The van der Waals surface area contributed by atoms with Crippen LogP contribution in [0.5, 0.6) is 5.75 Å². The van der Waals surface area contributed by atoms with Crippen LogP contribution in [-0.2, 0) is 6.54 Å². The summed E-state index contributed by atoms with van der Waals surface area (Å²) >= 11 is 1.34. The molecule has 34 heavy (non-hydrogen) atoms. The number of amides is 2. The molecule has 0 radical (unpaired) electrons. The van der Waals surface area contributed by atoms with E-state index in [1.54, 1.807) is 42.5 Å². The lowest BCUT2D eigenvalue weighted by atomic mass is 10.1. The molecule has 1 saturated carbocycles. The SMILES string of the molecule is O=C(Nc1ccc(O)c(-c2cc(C3CC3)n(C(=O)NCc3ccc(F)cc3)n2)c1)c1cccs1. The maximum atomic E-state index is 13.1. The lowest BCUT2D eigenvalue weighted by Crippen LogP contribution is -2.30. The molecule has 2 aromatic heterocycles. The molecule has 1 aliphatic rings. The molecule has 0 saturated heterocycles. The third-order valence-electron chi connectivity index (χ3n) is 5.56. The molecule has 0 bridgehead atoms. The Balaban J connectivity index is 1.39. The summed E-state index contributed by atoms with van der Waals surface area (Å²) in [6.07, 6.45) is 1.92. The van der Waals surface area contributed by atoms with Crippen LogP contribution in [0.25, 0.3) is 11.3 Å². The predicted octanol–water partition coefficient (Wildman–Crippen LogP) is 5.34. The molecule has 1 aliphatic carbocycles. The second-order valence-electron chi connectivity index (χ2n) is 8.09. The normalized spacial score (nSPS) is 13.0. The lowest BCUT2D eigenvalue weighted by Gasteiger charge is -2.08. The van der Waals surface area contributed by atoms with Crippen molar-refractivity contribution in [1.29, 1.82) is 0 Å². The molecule has 172 valence electrons. The molecule has 0 unspecified atom stereocenters. The van der Waals surface area contributed by atoms with E-state index >= 15 is 0 Å². The van der Waals surface area contributed by atoms with Crippen LogP contribution in [0.2, 0.25) is 0 Å². The Morgan fingerprint density at radius 3 is 2.62 bits per heavy atom. The number of hydrogen-bond acceptors (Lipinski definition) is 5. The summed E-state index contributed by atoms with van der Waals surface area (Å²) in [6.45, 7) is 0.230. The molecule has 0 atom stereocenters. The number of thiophene rings is 1. The minimum atomic E-state index is -0.404. The van der Waals surface area contributed by atoms with Crippen LogP contribution >= 0.6 is 11.3 Å². The topological polar surface area (TPSA) is 96.2 Å². The van der Waals surface area contributed by atoms with Gasteiger partial charge in [-0.05, 0) is 66.2 Å². The van der Waals surface area contributed by atoms with Gasteiger partial charge in [-0.15, -0.1) is 11.3 Å². The van der Waals surface area contributed by atoms with Gasteiger partial charge in [-0.1, -0.05) is 18.2 Å². The molecule has 1 fully saturated rings. The van der Waals surface area contributed by atoms with Crippen molar-refractivity contribution in [2.24, 2.45) is 0 Å². The monoisotopic (exact) mass is 476 g/mol. The van der Waals surface area contributed by atoms with Crippen LogP contribution in [-0.4, -0.2) is 26.8 Å². The number of benzene rings is 2. The smallest absolute Gasteiger partial charge is 0.342 e. The molecule has 2 aromatic carbocycles. The van der Waals surface area contributed by atoms with E-state index in [0.717, 1.165) is 24.1 Å². The number of aromatic hydroxyl groups is 1. The number of nitrogens with zero attached hydrogens (tertiary/aromatic N) is 2. The van der Waals surface area contributed by atoms with Crippen molar-refractivity contribution in [2.75, 3.05) is 5.32 Å². The summed E-state index contributed by atoms with van der Waals surface area (Å²) in [6, 6.07) is 15.6. The summed E-state index contributed by atoms with van der Waals surface area (Å²) in [5, 5.41) is 22.4. The van der Waals surface area contributed by atoms with E-state index in [4.69, 9.17) is 0 Å². The molecule has 5 rings (SSSR count). The highest BCUT2D eigenvalue weighted by Gasteiger charge is 2.30. The molecular weight excluding hydrogens is 455 g/mol. The first-order valence-corrected chi connectivity index (χ1v) is 11.7. The van der Waals surface area contributed by atoms with Crippen LogP contribution in [0.3, 0.4) is 0 Å². The van der Waals surface area contributed by atoms with E-state index in [-0.39, 0.29) is 29.9 Å². The number of phenolic OH excluding ortho intramolecular Hbond substituents is 1. The molecule has 2 heterocycles. The summed E-state index contributed by atoms with van der Waals surface area (Å²) in [7, 11) is 0. The predicted molar refractivity (Wildman–Crippen MR) is 128 cm³/mol. The van der Waals surface area contributed by atoms with Crippen LogP contribution in [0.15, 0.2) is 66.0 Å². The van der Waals surface area contributed by atoms with Gasteiger partial charge in [0.2, 0.25) is 0 Å². The van der Waals surface area contributed by atoms with Crippen molar-refractivity contribution in [1.82, 2.24) is 15.1 Å². The first-order chi connectivity index (χ1) is 16.5.